The van der Waals surface area contributed by atoms with E-state index in [-0.39, 0.29) is 37.7 Å². The molecule has 4 atom stereocenters. The van der Waals surface area contributed by atoms with Crippen LogP contribution in [0.2, 0.25) is 0 Å². The van der Waals surface area contributed by atoms with E-state index in [1.165, 1.54) is 13.0 Å². The van der Waals surface area contributed by atoms with E-state index >= 15 is 0 Å². The summed E-state index contributed by atoms with van der Waals surface area (Å²) in [7, 11) is 0. The van der Waals surface area contributed by atoms with Gasteiger partial charge in [-0.25, -0.2) is 0 Å². The lowest BCUT2D eigenvalue weighted by Gasteiger charge is -2.50. The van der Waals surface area contributed by atoms with Crippen LogP contribution >= 0.6 is 0 Å². The molecule has 0 unspecified atom stereocenters. The number of carbonyl (C=O) groups is 3. The molecule has 11 heteroatoms. The van der Waals surface area contributed by atoms with E-state index in [0.29, 0.717) is 0 Å². The Bertz CT molecular complexity index is 768. The van der Waals surface area contributed by atoms with Crippen molar-refractivity contribution in [3.63, 3.8) is 0 Å². The lowest BCUT2D eigenvalue weighted by atomic mass is 9.84. The monoisotopic (exact) mass is 413 g/mol. The van der Waals surface area contributed by atoms with Gasteiger partial charge in [0, 0.05) is 13.5 Å². The van der Waals surface area contributed by atoms with E-state index in [9.17, 15) is 24.6 Å². The molecule has 4 heterocycles. The fraction of sp³-hybridized carbons (Fsp3) is 0.722. The van der Waals surface area contributed by atoms with Gasteiger partial charge in [-0.3, -0.25) is 14.4 Å². The van der Waals surface area contributed by atoms with Gasteiger partial charge in [0.2, 0.25) is 11.6 Å². The van der Waals surface area contributed by atoms with Gasteiger partial charge in [0.1, 0.15) is 11.7 Å². The summed E-state index contributed by atoms with van der Waals surface area (Å²) in [5, 5.41) is 29.1. The van der Waals surface area contributed by atoms with E-state index in [1.54, 1.807) is 20.8 Å². The SMILES string of the molecule is CC(=O)NC/C=C1\CCO[C@]2([C@H](O)[C@]3(C)COC(C)(C)O3)NC(=O)[C@@]1(O)NC2=O. The van der Waals surface area contributed by atoms with Crippen molar-refractivity contribution in [1.29, 1.82) is 0 Å². The predicted molar refractivity (Wildman–Crippen MR) is 96.8 cm³/mol. The topological polar surface area (TPSA) is 155 Å². The van der Waals surface area contributed by atoms with Crippen LogP contribution in [-0.4, -0.2) is 76.6 Å². The number of ether oxygens (including phenoxy) is 3. The first-order chi connectivity index (χ1) is 13.3. The summed E-state index contributed by atoms with van der Waals surface area (Å²) >= 11 is 0. The van der Waals surface area contributed by atoms with Crippen LogP contribution in [0.15, 0.2) is 11.6 Å². The number of carbonyl (C=O) groups excluding carboxylic acids is 3. The third kappa shape index (κ3) is 3.64. The molecule has 3 amide bonds. The molecule has 2 bridgehead atoms. The Morgan fingerprint density at radius 2 is 1.93 bits per heavy atom. The number of piperazine rings is 1. The molecule has 0 spiro atoms. The van der Waals surface area contributed by atoms with Crippen molar-refractivity contribution in [2.45, 2.75) is 63.1 Å². The molecule has 11 nitrogen and oxygen atoms in total. The maximum Gasteiger partial charge on any atom is 0.280 e. The van der Waals surface area contributed by atoms with Gasteiger partial charge in [-0.05, 0) is 32.8 Å². The Morgan fingerprint density at radius 3 is 2.52 bits per heavy atom. The molecular weight excluding hydrogens is 386 g/mol. The largest absolute Gasteiger partial charge is 0.384 e. The molecule has 29 heavy (non-hydrogen) atoms. The zero-order valence-corrected chi connectivity index (χ0v) is 16.8. The Labute approximate surface area is 167 Å². The van der Waals surface area contributed by atoms with Gasteiger partial charge in [0.05, 0.1) is 13.2 Å². The number of fused-ring (bicyclic) bond motifs is 5. The van der Waals surface area contributed by atoms with Gasteiger partial charge in [0.15, 0.2) is 5.79 Å². The molecule has 0 aromatic heterocycles. The Balaban J connectivity index is 1.90. The highest BCUT2D eigenvalue weighted by Gasteiger charge is 2.65. The van der Waals surface area contributed by atoms with Crippen molar-refractivity contribution in [3.8, 4) is 0 Å². The molecule has 4 saturated heterocycles. The minimum atomic E-state index is -2.32. The summed E-state index contributed by atoms with van der Waals surface area (Å²) in [5.74, 6) is -3.17. The molecule has 162 valence electrons. The molecule has 0 saturated carbocycles. The van der Waals surface area contributed by atoms with Crippen molar-refractivity contribution >= 4 is 17.7 Å². The average molecular weight is 413 g/mol. The maximum absolute atomic E-state index is 13.0. The van der Waals surface area contributed by atoms with E-state index in [0.717, 1.165) is 0 Å². The molecule has 5 N–H and O–H groups in total. The summed E-state index contributed by atoms with van der Waals surface area (Å²) in [6.45, 7) is 6.12. The van der Waals surface area contributed by atoms with Gasteiger partial charge in [0.25, 0.3) is 17.5 Å². The summed E-state index contributed by atoms with van der Waals surface area (Å²) in [6, 6.07) is 0. The molecule has 0 aromatic rings. The van der Waals surface area contributed by atoms with Gasteiger partial charge >= 0.3 is 0 Å². The Morgan fingerprint density at radius 1 is 1.24 bits per heavy atom. The van der Waals surface area contributed by atoms with Crippen LogP contribution in [0.3, 0.4) is 0 Å². The summed E-state index contributed by atoms with van der Waals surface area (Å²) < 4.78 is 17.0. The van der Waals surface area contributed by atoms with Crippen LogP contribution in [0.25, 0.3) is 0 Å². The second-order valence-electron chi connectivity index (χ2n) is 8.12. The number of hydrogen-bond acceptors (Lipinski definition) is 8. The predicted octanol–water partition coefficient (Wildman–Crippen LogP) is -2.00. The number of aliphatic hydroxyl groups is 2. The van der Waals surface area contributed by atoms with E-state index in [4.69, 9.17) is 14.2 Å². The second kappa shape index (κ2) is 7.03. The number of nitrogens with one attached hydrogen (secondary N) is 3. The number of amides is 3. The van der Waals surface area contributed by atoms with Crippen LogP contribution in [0.4, 0.5) is 0 Å². The molecule has 0 aromatic carbocycles. The third-order valence-corrected chi connectivity index (χ3v) is 5.27. The minimum absolute atomic E-state index is 0.0401. The number of aliphatic hydroxyl groups excluding tert-OH is 1. The average Bonchev–Trinajstić information content (AvgIpc) is 2.90. The van der Waals surface area contributed by atoms with Crippen molar-refractivity contribution in [1.82, 2.24) is 16.0 Å². The highest BCUT2D eigenvalue weighted by Crippen LogP contribution is 2.40. The molecule has 4 fully saturated rings. The second-order valence-corrected chi connectivity index (χ2v) is 8.12. The Hall–Kier alpha value is -2.05. The first-order valence-corrected chi connectivity index (χ1v) is 9.32. The molecule has 4 rings (SSSR count). The minimum Gasteiger partial charge on any atom is -0.384 e. The molecule has 0 aliphatic carbocycles. The van der Waals surface area contributed by atoms with E-state index in [2.05, 4.69) is 16.0 Å². The Kier molecular flexibility index (Phi) is 5.25. The summed E-state index contributed by atoms with van der Waals surface area (Å²) in [5.41, 5.74) is -5.68. The van der Waals surface area contributed by atoms with Crippen LogP contribution in [-0.2, 0) is 28.6 Å². The van der Waals surface area contributed by atoms with Crippen LogP contribution in [0, 0.1) is 0 Å². The van der Waals surface area contributed by atoms with Crippen LogP contribution in [0.1, 0.15) is 34.1 Å². The van der Waals surface area contributed by atoms with E-state index < -0.39 is 40.8 Å². The first-order valence-electron chi connectivity index (χ1n) is 9.32. The molecule has 0 radical (unpaired) electrons. The van der Waals surface area contributed by atoms with Crippen molar-refractivity contribution in [3.05, 3.63) is 11.6 Å². The van der Waals surface area contributed by atoms with Gasteiger partial charge in [-0.15, -0.1) is 0 Å². The normalized spacial score (nSPS) is 38.8. The summed E-state index contributed by atoms with van der Waals surface area (Å²) in [6.07, 6.45) is -0.107. The number of hydrogen-bond donors (Lipinski definition) is 5. The fourth-order valence-corrected chi connectivity index (χ4v) is 3.80. The lowest BCUT2D eigenvalue weighted by Crippen LogP contribution is -2.82. The highest BCUT2D eigenvalue weighted by molar-refractivity contribution is 6.03. The summed E-state index contributed by atoms with van der Waals surface area (Å²) in [4.78, 5) is 36.8. The smallest absolute Gasteiger partial charge is 0.280 e. The van der Waals surface area contributed by atoms with Crippen molar-refractivity contribution < 1.29 is 38.8 Å². The van der Waals surface area contributed by atoms with Gasteiger partial charge in [-0.1, -0.05) is 6.08 Å². The first kappa shape index (κ1) is 21.7. The van der Waals surface area contributed by atoms with E-state index in [1.807, 2.05) is 0 Å². The number of rotatable bonds is 4. The molecule has 4 aliphatic rings. The van der Waals surface area contributed by atoms with Crippen molar-refractivity contribution in [2.75, 3.05) is 19.8 Å². The lowest BCUT2D eigenvalue weighted by molar-refractivity contribution is -0.240. The fourth-order valence-electron chi connectivity index (χ4n) is 3.80. The van der Waals surface area contributed by atoms with Crippen molar-refractivity contribution in [2.24, 2.45) is 0 Å². The quantitative estimate of drug-likeness (QED) is 0.332. The zero-order chi connectivity index (χ0) is 21.7. The third-order valence-electron chi connectivity index (χ3n) is 5.27. The highest BCUT2D eigenvalue weighted by atomic mass is 16.8. The molecule has 4 aliphatic heterocycles. The maximum atomic E-state index is 13.0. The zero-order valence-electron chi connectivity index (χ0n) is 16.8. The van der Waals surface area contributed by atoms with Crippen LogP contribution < -0.4 is 16.0 Å². The van der Waals surface area contributed by atoms with Crippen LogP contribution in [0.5, 0.6) is 0 Å². The molecular formula is C18H27N3O8. The van der Waals surface area contributed by atoms with Gasteiger partial charge in [-0.2, -0.15) is 0 Å². The van der Waals surface area contributed by atoms with Gasteiger partial charge < -0.3 is 40.4 Å². The standard InChI is InChI=1S/C18H27N3O8/c1-10(22)19-7-5-11-6-8-27-18(14(25)20-17(11,26)13(24)21-18)12(23)16(4)9-28-15(2,3)29-16/h5,12,23,26H,6-9H2,1-4H3,(H,19,22)(H,20,25)(H,21,24)/b11-5+/t12-,16+,17-,18+/m1/s1.